The minimum Gasteiger partial charge on any atom is -0.456 e. The van der Waals surface area contributed by atoms with Crippen molar-refractivity contribution < 1.29 is 14.3 Å². The Morgan fingerprint density at radius 3 is 2.17 bits per heavy atom. The predicted molar refractivity (Wildman–Crippen MR) is 191 cm³/mol. The molecule has 0 aromatic heterocycles. The van der Waals surface area contributed by atoms with Crippen molar-refractivity contribution in [1.29, 1.82) is 0 Å². The fraction of sp³-hybridized carbons (Fsp3) is 0.262. The van der Waals surface area contributed by atoms with E-state index >= 15 is 0 Å². The number of ether oxygens (including phenoxy) is 2. The lowest BCUT2D eigenvalue weighted by Crippen LogP contribution is -2.33. The van der Waals surface area contributed by atoms with Crippen LogP contribution in [0.5, 0.6) is 11.5 Å². The van der Waals surface area contributed by atoms with E-state index in [1.165, 1.54) is 43.4 Å². The summed E-state index contributed by atoms with van der Waals surface area (Å²) in [6.45, 7) is 7.42. The first kappa shape index (κ1) is 30.6. The Kier molecular flexibility index (Phi) is 8.46. The van der Waals surface area contributed by atoms with E-state index in [9.17, 15) is 4.79 Å². The van der Waals surface area contributed by atoms with Crippen LogP contribution in [0.3, 0.4) is 0 Å². The number of esters is 1. The van der Waals surface area contributed by atoms with Crippen LogP contribution in [0, 0.1) is 13.8 Å². The number of carbonyl (C=O) groups is 1. The molecule has 0 aliphatic carbocycles. The number of para-hydroxylation sites is 2. The molecule has 1 spiro atoms. The molecule has 1 unspecified atom stereocenters. The van der Waals surface area contributed by atoms with Crippen LogP contribution in [0.25, 0.3) is 0 Å². The molecule has 47 heavy (non-hydrogen) atoms. The van der Waals surface area contributed by atoms with Crippen molar-refractivity contribution in [2.24, 2.45) is 0 Å². The second kappa shape index (κ2) is 13.0. The van der Waals surface area contributed by atoms with Crippen LogP contribution < -0.4 is 15.0 Å². The van der Waals surface area contributed by atoms with Crippen molar-refractivity contribution in [3.63, 3.8) is 0 Å². The number of fused-ring (bicyclic) bond motifs is 6. The molecule has 1 atom stereocenters. The van der Waals surface area contributed by atoms with Gasteiger partial charge in [0.2, 0.25) is 0 Å². The highest BCUT2D eigenvalue weighted by atomic mass is 16.6. The summed E-state index contributed by atoms with van der Waals surface area (Å²) in [4.78, 5) is 15.8. The van der Waals surface area contributed by atoms with Crippen LogP contribution in [0.1, 0.15) is 83.6 Å². The maximum absolute atomic E-state index is 13.4. The van der Waals surface area contributed by atoms with Crippen LogP contribution in [-0.4, -0.2) is 12.5 Å². The third kappa shape index (κ3) is 5.65. The Morgan fingerprint density at radius 1 is 0.681 bits per heavy atom. The minimum absolute atomic E-state index is 0.324. The number of hydrogen-bond donors (Lipinski definition) is 1. The number of unbranched alkanes of at least 4 members (excludes halogenated alkanes) is 5. The highest BCUT2D eigenvalue weighted by Crippen LogP contribution is 2.57. The molecule has 2 aliphatic rings. The summed E-state index contributed by atoms with van der Waals surface area (Å²) in [5, 5.41) is 3.56. The number of nitrogens with zero attached hydrogens (tertiary/aromatic N) is 1. The van der Waals surface area contributed by atoms with Crippen molar-refractivity contribution in [2.75, 3.05) is 16.8 Å². The van der Waals surface area contributed by atoms with Gasteiger partial charge in [0, 0.05) is 58.1 Å². The fourth-order valence-electron chi connectivity index (χ4n) is 7.08. The van der Waals surface area contributed by atoms with E-state index in [1.54, 1.807) is 0 Å². The van der Waals surface area contributed by atoms with Crippen molar-refractivity contribution in [1.82, 2.24) is 0 Å². The van der Waals surface area contributed by atoms with Gasteiger partial charge in [0.15, 0.2) is 5.60 Å². The first-order valence-corrected chi connectivity index (χ1v) is 16.9. The van der Waals surface area contributed by atoms with Crippen LogP contribution in [0.2, 0.25) is 0 Å². The number of benzene rings is 5. The maximum atomic E-state index is 13.4. The molecule has 5 nitrogen and oxygen atoms in total. The number of hydrogen-bond acceptors (Lipinski definition) is 5. The normalized spacial score (nSPS) is 15.8. The molecule has 5 aromatic rings. The smallest absolute Gasteiger partial charge is 0.340 e. The van der Waals surface area contributed by atoms with E-state index in [0.29, 0.717) is 17.1 Å². The van der Waals surface area contributed by atoms with Gasteiger partial charge in [0.25, 0.3) is 0 Å². The average molecular weight is 623 g/mol. The van der Waals surface area contributed by atoms with Crippen LogP contribution in [0.4, 0.5) is 22.7 Å². The molecule has 2 aliphatic heterocycles. The van der Waals surface area contributed by atoms with Gasteiger partial charge in [-0.25, -0.2) is 4.79 Å². The largest absolute Gasteiger partial charge is 0.456 e. The summed E-state index contributed by atoms with van der Waals surface area (Å²) in [5.74, 6) is 1.03. The molecular weight excluding hydrogens is 580 g/mol. The zero-order valence-corrected chi connectivity index (χ0v) is 27.5. The molecule has 5 heteroatoms. The molecule has 0 radical (unpaired) electrons. The SMILES string of the molecule is CCCCCCCCN(c1ccc2c(c1)Oc1cc(Nc3ccccc3C)ccc1C21OC(=O)c2ccccc21)c1ccccc1C. The summed E-state index contributed by atoms with van der Waals surface area (Å²) < 4.78 is 13.2. The highest BCUT2D eigenvalue weighted by molar-refractivity contribution is 5.97. The Morgan fingerprint density at radius 2 is 1.36 bits per heavy atom. The predicted octanol–water partition coefficient (Wildman–Crippen LogP) is 11.1. The number of rotatable bonds is 11. The van der Waals surface area contributed by atoms with Crippen LogP contribution >= 0.6 is 0 Å². The van der Waals surface area contributed by atoms with Gasteiger partial charge >= 0.3 is 5.97 Å². The number of nitrogens with one attached hydrogen (secondary N) is 1. The monoisotopic (exact) mass is 622 g/mol. The van der Waals surface area contributed by atoms with Gasteiger partial charge in [0.1, 0.15) is 11.5 Å². The number of aryl methyl sites for hydroxylation is 2. The van der Waals surface area contributed by atoms with Gasteiger partial charge in [0.05, 0.1) is 5.56 Å². The first-order valence-electron chi connectivity index (χ1n) is 16.9. The Balaban J connectivity index is 1.32. The van der Waals surface area contributed by atoms with Crippen molar-refractivity contribution in [3.05, 3.63) is 143 Å². The van der Waals surface area contributed by atoms with Crippen LogP contribution in [0.15, 0.2) is 109 Å². The zero-order valence-electron chi connectivity index (χ0n) is 27.5. The third-order valence-corrected chi connectivity index (χ3v) is 9.57. The summed E-state index contributed by atoms with van der Waals surface area (Å²) in [7, 11) is 0. The molecule has 2 heterocycles. The van der Waals surface area contributed by atoms with Gasteiger partial charge in [-0.3, -0.25) is 0 Å². The van der Waals surface area contributed by atoms with Gasteiger partial charge < -0.3 is 19.7 Å². The molecule has 0 saturated heterocycles. The summed E-state index contributed by atoms with van der Waals surface area (Å²) in [6.07, 6.45) is 7.38. The molecule has 0 fully saturated rings. The molecule has 238 valence electrons. The number of anilines is 4. The van der Waals surface area contributed by atoms with E-state index in [4.69, 9.17) is 9.47 Å². The highest BCUT2D eigenvalue weighted by Gasteiger charge is 2.53. The molecule has 1 N–H and O–H groups in total. The van der Waals surface area contributed by atoms with Gasteiger partial charge in [-0.15, -0.1) is 0 Å². The van der Waals surface area contributed by atoms with Gasteiger partial charge in [-0.2, -0.15) is 0 Å². The maximum Gasteiger partial charge on any atom is 0.340 e. The molecule has 0 bridgehead atoms. The molecule has 0 amide bonds. The lowest BCUT2D eigenvalue weighted by molar-refractivity contribution is 0.0224. The van der Waals surface area contributed by atoms with E-state index in [1.807, 2.05) is 54.6 Å². The first-order chi connectivity index (χ1) is 23.0. The Hall–Kier alpha value is -5.03. The van der Waals surface area contributed by atoms with E-state index in [2.05, 4.69) is 85.6 Å². The topological polar surface area (TPSA) is 50.8 Å². The molecule has 0 saturated carbocycles. The van der Waals surface area contributed by atoms with Crippen LogP contribution in [-0.2, 0) is 10.3 Å². The quantitative estimate of drug-likeness (QED) is 0.117. The lowest BCUT2D eigenvalue weighted by Gasteiger charge is -2.37. The van der Waals surface area contributed by atoms with Crippen molar-refractivity contribution in [3.8, 4) is 11.5 Å². The van der Waals surface area contributed by atoms with E-state index < -0.39 is 5.60 Å². The van der Waals surface area contributed by atoms with Gasteiger partial charge in [-0.05, 0) is 73.9 Å². The number of carbonyl (C=O) groups excluding carboxylic acids is 1. The Bertz CT molecular complexity index is 1930. The van der Waals surface area contributed by atoms with Crippen molar-refractivity contribution in [2.45, 2.75) is 64.9 Å². The average Bonchev–Trinajstić information content (AvgIpc) is 3.38. The second-order valence-electron chi connectivity index (χ2n) is 12.8. The molecular formula is C42H42N2O3. The van der Waals surface area contributed by atoms with E-state index in [0.717, 1.165) is 52.3 Å². The summed E-state index contributed by atoms with van der Waals surface area (Å²) in [5.41, 5.74) is 8.51. The zero-order chi connectivity index (χ0) is 32.4. The Labute approximate surface area is 278 Å². The van der Waals surface area contributed by atoms with Gasteiger partial charge in [-0.1, -0.05) is 93.6 Å². The standard InChI is InChI=1S/C42H42N2O3/c1-4-5-6-7-8-15-26-44(38-21-14-10-17-30(38)3)32-23-25-36-40(28-32)46-39-27-31(43-37-20-13-9-16-29(37)2)22-24-35(39)42(36)34-19-12-11-18-33(34)41(45)47-42/h9-14,16-25,27-28,43H,4-8,15,26H2,1-3H3. The van der Waals surface area contributed by atoms with Crippen molar-refractivity contribution >= 4 is 28.7 Å². The summed E-state index contributed by atoms with van der Waals surface area (Å²) >= 11 is 0. The minimum atomic E-state index is -1.11. The third-order valence-electron chi connectivity index (χ3n) is 9.57. The van der Waals surface area contributed by atoms with E-state index in [-0.39, 0.29) is 5.97 Å². The molecule has 7 rings (SSSR count). The summed E-state index contributed by atoms with van der Waals surface area (Å²) in [6, 6.07) is 36.9. The lowest BCUT2D eigenvalue weighted by atomic mass is 9.77. The fourth-order valence-corrected chi connectivity index (χ4v) is 7.08. The molecule has 5 aromatic carbocycles. The second-order valence-corrected chi connectivity index (χ2v) is 12.8.